The van der Waals surface area contributed by atoms with E-state index < -0.39 is 0 Å². The van der Waals surface area contributed by atoms with E-state index in [1.165, 1.54) is 5.56 Å². The molecule has 0 spiro atoms. The van der Waals surface area contributed by atoms with Crippen LogP contribution < -0.4 is 20.1 Å². The lowest BCUT2D eigenvalue weighted by Gasteiger charge is -2.26. The van der Waals surface area contributed by atoms with Crippen molar-refractivity contribution in [1.82, 2.24) is 15.5 Å². The molecule has 0 saturated heterocycles. The Morgan fingerprint density at radius 3 is 2.28 bits per heavy atom. The van der Waals surface area contributed by atoms with E-state index in [1.54, 1.807) is 14.2 Å². The largest absolute Gasteiger partial charge is 0.497 e. The monoisotopic (exact) mass is 512 g/mol. The van der Waals surface area contributed by atoms with Crippen molar-refractivity contribution in [3.05, 3.63) is 59.7 Å². The smallest absolute Gasteiger partial charge is 0.191 e. The normalized spacial score (nSPS) is 12.1. The third-order valence-electron chi connectivity index (χ3n) is 4.53. The molecule has 0 heterocycles. The molecule has 2 N–H and O–H groups in total. The van der Waals surface area contributed by atoms with Crippen LogP contribution in [0.2, 0.25) is 0 Å². The summed E-state index contributed by atoms with van der Waals surface area (Å²) in [7, 11) is 7.52. The first kappa shape index (κ1) is 25.0. The molecule has 0 bridgehead atoms. The van der Waals surface area contributed by atoms with E-state index in [1.807, 2.05) is 36.4 Å². The molecule has 2 aromatic rings. The Bertz CT molecular complexity index is 751. The number of rotatable bonds is 9. The molecule has 7 heteroatoms. The SMILES string of the molecule is CCNC(=NCc1ccccc1OC)NCC(c1ccc(OC)cc1)N(C)C.I. The number of hydrogen-bond acceptors (Lipinski definition) is 4. The summed E-state index contributed by atoms with van der Waals surface area (Å²) in [4.78, 5) is 6.91. The molecule has 0 aliphatic heterocycles. The van der Waals surface area contributed by atoms with Gasteiger partial charge in [0.15, 0.2) is 5.96 Å². The predicted octanol–water partition coefficient (Wildman–Crippen LogP) is 3.68. The first-order valence-electron chi connectivity index (χ1n) is 9.53. The van der Waals surface area contributed by atoms with Gasteiger partial charge in [-0.15, -0.1) is 24.0 Å². The second-order valence-electron chi connectivity index (χ2n) is 6.64. The number of para-hydroxylation sites is 1. The number of likely N-dealkylation sites (N-methyl/N-ethyl adjacent to an activating group) is 1. The van der Waals surface area contributed by atoms with Crippen LogP contribution in [0.25, 0.3) is 0 Å². The fourth-order valence-electron chi connectivity index (χ4n) is 2.96. The fraction of sp³-hybridized carbons (Fsp3) is 0.409. The predicted molar refractivity (Wildman–Crippen MR) is 131 cm³/mol. The van der Waals surface area contributed by atoms with Crippen LogP contribution in [-0.2, 0) is 6.54 Å². The molecule has 0 aromatic heterocycles. The number of aliphatic imine (C=N–C) groups is 1. The Hall–Kier alpha value is -2.00. The molecule has 160 valence electrons. The molecule has 0 amide bonds. The molecule has 0 radical (unpaired) electrons. The zero-order valence-electron chi connectivity index (χ0n) is 17.9. The maximum Gasteiger partial charge on any atom is 0.191 e. The molecule has 0 aliphatic carbocycles. The number of ether oxygens (including phenoxy) is 2. The molecule has 0 aliphatic rings. The quantitative estimate of drug-likeness (QED) is 0.305. The second-order valence-corrected chi connectivity index (χ2v) is 6.64. The van der Waals surface area contributed by atoms with Crippen molar-refractivity contribution >= 4 is 29.9 Å². The van der Waals surface area contributed by atoms with Crippen molar-refractivity contribution < 1.29 is 9.47 Å². The van der Waals surface area contributed by atoms with E-state index in [0.717, 1.165) is 36.1 Å². The molecule has 29 heavy (non-hydrogen) atoms. The van der Waals surface area contributed by atoms with E-state index in [9.17, 15) is 0 Å². The van der Waals surface area contributed by atoms with E-state index in [-0.39, 0.29) is 30.0 Å². The number of methoxy groups -OCH3 is 2. The van der Waals surface area contributed by atoms with Gasteiger partial charge in [0.1, 0.15) is 11.5 Å². The van der Waals surface area contributed by atoms with Crippen molar-refractivity contribution in [2.75, 3.05) is 41.4 Å². The average Bonchev–Trinajstić information content (AvgIpc) is 2.72. The fourth-order valence-corrected chi connectivity index (χ4v) is 2.96. The molecule has 0 fully saturated rings. The molecule has 1 unspecified atom stereocenters. The van der Waals surface area contributed by atoms with Gasteiger partial charge in [-0.3, -0.25) is 0 Å². The number of halogens is 1. The summed E-state index contributed by atoms with van der Waals surface area (Å²) in [6.07, 6.45) is 0. The summed E-state index contributed by atoms with van der Waals surface area (Å²) >= 11 is 0. The zero-order valence-corrected chi connectivity index (χ0v) is 20.3. The molecule has 6 nitrogen and oxygen atoms in total. The molecule has 1 atom stereocenters. The highest BCUT2D eigenvalue weighted by Crippen LogP contribution is 2.21. The van der Waals surface area contributed by atoms with Gasteiger partial charge in [-0.25, -0.2) is 4.99 Å². The lowest BCUT2D eigenvalue weighted by atomic mass is 10.1. The Balaban J connectivity index is 0.00000420. The third kappa shape index (κ3) is 7.74. The second kappa shape index (κ2) is 13.3. The first-order valence-corrected chi connectivity index (χ1v) is 9.53. The van der Waals surface area contributed by atoms with Crippen LogP contribution in [0.4, 0.5) is 0 Å². The Kier molecular flexibility index (Phi) is 11.5. The number of nitrogens with zero attached hydrogens (tertiary/aromatic N) is 2. The van der Waals surface area contributed by atoms with Crippen LogP contribution in [0.1, 0.15) is 24.1 Å². The van der Waals surface area contributed by atoms with Gasteiger partial charge < -0.3 is 25.0 Å². The Labute approximate surface area is 191 Å². The summed E-state index contributed by atoms with van der Waals surface area (Å²) < 4.78 is 10.7. The lowest BCUT2D eigenvalue weighted by molar-refractivity contribution is 0.298. The summed E-state index contributed by atoms with van der Waals surface area (Å²) in [5, 5.41) is 6.78. The van der Waals surface area contributed by atoms with Gasteiger partial charge >= 0.3 is 0 Å². The minimum atomic E-state index is 0. The van der Waals surface area contributed by atoms with Crippen molar-refractivity contribution in [3.8, 4) is 11.5 Å². The summed E-state index contributed by atoms with van der Waals surface area (Å²) in [6, 6.07) is 16.4. The molecule has 2 aromatic carbocycles. The highest BCUT2D eigenvalue weighted by Gasteiger charge is 2.15. The van der Waals surface area contributed by atoms with Crippen LogP contribution in [0, 0.1) is 0 Å². The topological polar surface area (TPSA) is 58.1 Å². The van der Waals surface area contributed by atoms with E-state index in [4.69, 9.17) is 14.5 Å². The lowest BCUT2D eigenvalue weighted by Crippen LogP contribution is -2.41. The van der Waals surface area contributed by atoms with E-state index in [2.05, 4.69) is 48.7 Å². The van der Waals surface area contributed by atoms with Gasteiger partial charge in [-0.1, -0.05) is 30.3 Å². The maximum atomic E-state index is 5.42. The van der Waals surface area contributed by atoms with E-state index in [0.29, 0.717) is 6.54 Å². The van der Waals surface area contributed by atoms with Crippen molar-refractivity contribution in [2.24, 2.45) is 4.99 Å². The number of guanidine groups is 1. The zero-order chi connectivity index (χ0) is 20.4. The van der Waals surface area contributed by atoms with Crippen LogP contribution in [0.5, 0.6) is 11.5 Å². The average molecular weight is 512 g/mol. The van der Waals surface area contributed by atoms with Crippen LogP contribution in [0.3, 0.4) is 0 Å². The minimum absolute atomic E-state index is 0. The molecular formula is C22H33IN4O2. The van der Waals surface area contributed by atoms with Crippen LogP contribution in [-0.4, -0.2) is 52.3 Å². The van der Waals surface area contributed by atoms with Gasteiger partial charge in [0.2, 0.25) is 0 Å². The molecular weight excluding hydrogens is 479 g/mol. The first-order chi connectivity index (χ1) is 13.6. The third-order valence-corrected chi connectivity index (χ3v) is 4.53. The van der Waals surface area contributed by atoms with Crippen LogP contribution >= 0.6 is 24.0 Å². The van der Waals surface area contributed by atoms with Gasteiger partial charge in [-0.2, -0.15) is 0 Å². The standard InChI is InChI=1S/C22H32N4O2.HI/c1-6-23-22(24-15-18-9-7-8-10-21(18)28-5)25-16-20(26(2)3)17-11-13-19(27-4)14-12-17;/h7-14,20H,6,15-16H2,1-5H3,(H2,23,24,25);1H. The van der Waals surface area contributed by atoms with E-state index >= 15 is 0 Å². The highest BCUT2D eigenvalue weighted by molar-refractivity contribution is 14.0. The molecule has 2 rings (SSSR count). The maximum absolute atomic E-state index is 5.42. The number of benzene rings is 2. The summed E-state index contributed by atoms with van der Waals surface area (Å²) in [5.74, 6) is 2.50. The minimum Gasteiger partial charge on any atom is -0.497 e. The van der Waals surface area contributed by atoms with Crippen molar-refractivity contribution in [2.45, 2.75) is 19.5 Å². The number of hydrogen-bond donors (Lipinski definition) is 2. The summed E-state index contributed by atoms with van der Waals surface area (Å²) in [5.41, 5.74) is 2.28. The van der Waals surface area contributed by atoms with Gasteiger partial charge in [0.05, 0.1) is 26.8 Å². The van der Waals surface area contributed by atoms with Gasteiger partial charge in [-0.05, 0) is 44.8 Å². The van der Waals surface area contributed by atoms with Gasteiger partial charge in [0, 0.05) is 18.7 Å². The molecule has 0 saturated carbocycles. The van der Waals surface area contributed by atoms with Crippen LogP contribution in [0.15, 0.2) is 53.5 Å². The highest BCUT2D eigenvalue weighted by atomic mass is 127. The van der Waals surface area contributed by atoms with Crippen molar-refractivity contribution in [3.63, 3.8) is 0 Å². The Morgan fingerprint density at radius 2 is 1.69 bits per heavy atom. The van der Waals surface area contributed by atoms with Gasteiger partial charge in [0.25, 0.3) is 0 Å². The van der Waals surface area contributed by atoms with Crippen molar-refractivity contribution in [1.29, 1.82) is 0 Å². The Morgan fingerprint density at radius 1 is 1.00 bits per heavy atom. The number of nitrogens with one attached hydrogen (secondary N) is 2. The summed E-state index contributed by atoms with van der Waals surface area (Å²) in [6.45, 7) is 4.14.